The number of nitrogens with one attached hydrogen (secondary N) is 1. The quantitative estimate of drug-likeness (QED) is 0.615. The zero-order valence-corrected chi connectivity index (χ0v) is 14.6. The Kier molecular flexibility index (Phi) is 6.77. The Balaban J connectivity index is 1.88. The van der Waals surface area contributed by atoms with Gasteiger partial charge in [0, 0.05) is 17.3 Å². The summed E-state index contributed by atoms with van der Waals surface area (Å²) >= 11 is 0. The lowest BCUT2D eigenvalue weighted by Crippen LogP contribution is -2.17. The molecular formula is C20H22N2O3. The number of hydrazone groups is 1. The fourth-order valence-electron chi connectivity index (χ4n) is 2.11. The monoisotopic (exact) mass is 338 g/mol. The van der Waals surface area contributed by atoms with Gasteiger partial charge in [-0.2, -0.15) is 5.10 Å². The van der Waals surface area contributed by atoms with E-state index >= 15 is 0 Å². The number of hydrogen-bond donors (Lipinski definition) is 1. The van der Waals surface area contributed by atoms with Crippen LogP contribution in [0.25, 0.3) is 6.08 Å². The van der Waals surface area contributed by atoms with E-state index in [0.29, 0.717) is 5.56 Å². The van der Waals surface area contributed by atoms with E-state index in [0.717, 1.165) is 17.1 Å². The number of nitrogens with zero attached hydrogens (tertiary/aromatic N) is 1. The molecule has 0 heterocycles. The maximum absolute atomic E-state index is 12.0. The smallest absolute Gasteiger partial charge is 0.271 e. The Morgan fingerprint density at radius 2 is 1.84 bits per heavy atom. The summed E-state index contributed by atoms with van der Waals surface area (Å²) in [4.78, 5) is 12.0. The van der Waals surface area contributed by atoms with Crippen molar-refractivity contribution in [1.82, 2.24) is 5.43 Å². The van der Waals surface area contributed by atoms with Crippen LogP contribution in [0, 0.1) is 0 Å². The summed E-state index contributed by atoms with van der Waals surface area (Å²) in [5, 5.41) is 3.91. The first-order chi connectivity index (χ1) is 12.1. The van der Waals surface area contributed by atoms with Crippen molar-refractivity contribution >= 4 is 18.2 Å². The molecule has 2 aromatic rings. The number of hydrogen-bond acceptors (Lipinski definition) is 4. The van der Waals surface area contributed by atoms with Crippen molar-refractivity contribution in [3.63, 3.8) is 0 Å². The Bertz CT molecular complexity index is 750. The minimum atomic E-state index is -0.280. The zero-order chi connectivity index (χ0) is 18.1. The molecule has 0 saturated carbocycles. The summed E-state index contributed by atoms with van der Waals surface area (Å²) in [6.07, 6.45) is 5.20. The minimum absolute atomic E-state index is 0.0966. The third-order valence-electron chi connectivity index (χ3n) is 3.23. The third kappa shape index (κ3) is 5.80. The van der Waals surface area contributed by atoms with Crippen molar-refractivity contribution in [2.24, 2.45) is 5.10 Å². The lowest BCUT2D eigenvalue weighted by Gasteiger charge is -2.09. The van der Waals surface area contributed by atoms with E-state index in [-0.39, 0.29) is 12.0 Å². The van der Waals surface area contributed by atoms with Crippen molar-refractivity contribution in [2.45, 2.75) is 20.0 Å². The van der Waals surface area contributed by atoms with Gasteiger partial charge >= 0.3 is 0 Å². The molecule has 5 nitrogen and oxygen atoms in total. The molecule has 1 N–H and O–H groups in total. The van der Waals surface area contributed by atoms with Crippen molar-refractivity contribution < 1.29 is 14.3 Å². The number of carbonyl (C=O) groups excluding carboxylic acids is 1. The van der Waals surface area contributed by atoms with Crippen LogP contribution in [0.4, 0.5) is 0 Å². The van der Waals surface area contributed by atoms with Crippen molar-refractivity contribution in [3.05, 3.63) is 65.7 Å². The number of rotatable bonds is 7. The van der Waals surface area contributed by atoms with Gasteiger partial charge in [-0.3, -0.25) is 4.79 Å². The molecule has 25 heavy (non-hydrogen) atoms. The van der Waals surface area contributed by atoms with Gasteiger partial charge in [-0.1, -0.05) is 18.2 Å². The Hall–Kier alpha value is -3.08. The van der Waals surface area contributed by atoms with E-state index < -0.39 is 0 Å². The fraction of sp³-hybridized carbons (Fsp3) is 0.200. The molecule has 0 aliphatic carbocycles. The van der Waals surface area contributed by atoms with E-state index in [4.69, 9.17) is 9.47 Å². The van der Waals surface area contributed by atoms with Crippen LogP contribution in [0.2, 0.25) is 0 Å². The summed E-state index contributed by atoms with van der Waals surface area (Å²) in [5.74, 6) is 1.23. The molecule has 0 spiro atoms. The molecule has 0 fully saturated rings. The summed E-state index contributed by atoms with van der Waals surface area (Å²) in [6.45, 7) is 3.90. The van der Waals surface area contributed by atoms with Crippen LogP contribution < -0.4 is 14.9 Å². The molecule has 5 heteroatoms. The molecule has 2 rings (SSSR count). The van der Waals surface area contributed by atoms with Crippen LogP contribution in [0.1, 0.15) is 29.8 Å². The fourth-order valence-corrected chi connectivity index (χ4v) is 2.11. The van der Waals surface area contributed by atoms with Crippen LogP contribution in [-0.2, 0) is 0 Å². The predicted octanol–water partition coefficient (Wildman–Crippen LogP) is 3.91. The SMILES string of the molecule is COc1ccccc1/C=C/C=N\NC(=O)c1ccc(OC(C)C)cc1. The lowest BCUT2D eigenvalue weighted by molar-refractivity contribution is 0.0955. The van der Waals surface area contributed by atoms with E-state index in [9.17, 15) is 4.79 Å². The van der Waals surface area contributed by atoms with Gasteiger partial charge in [-0.05, 0) is 56.3 Å². The third-order valence-corrected chi connectivity index (χ3v) is 3.23. The van der Waals surface area contributed by atoms with Gasteiger partial charge in [0.15, 0.2) is 0 Å². The van der Waals surface area contributed by atoms with Crippen molar-refractivity contribution in [3.8, 4) is 11.5 Å². The van der Waals surface area contributed by atoms with Gasteiger partial charge in [0.05, 0.1) is 13.2 Å². The second kappa shape index (κ2) is 9.27. The Labute approximate surface area is 148 Å². The van der Waals surface area contributed by atoms with E-state index in [2.05, 4.69) is 10.5 Å². The first-order valence-electron chi connectivity index (χ1n) is 8.00. The second-order valence-electron chi connectivity index (χ2n) is 5.51. The molecule has 2 aromatic carbocycles. The number of carbonyl (C=O) groups is 1. The highest BCUT2D eigenvalue weighted by Gasteiger charge is 2.04. The van der Waals surface area contributed by atoms with Crippen molar-refractivity contribution in [1.29, 1.82) is 0 Å². The highest BCUT2D eigenvalue weighted by Crippen LogP contribution is 2.18. The van der Waals surface area contributed by atoms with Gasteiger partial charge in [0.1, 0.15) is 11.5 Å². The first-order valence-corrected chi connectivity index (χ1v) is 8.00. The normalized spacial score (nSPS) is 11.2. The molecule has 0 aliphatic rings. The number of methoxy groups -OCH3 is 1. The standard InChI is InChI=1S/C20H22N2O3/c1-15(2)25-18-12-10-17(11-13-18)20(23)22-21-14-6-8-16-7-4-5-9-19(16)24-3/h4-15H,1-3H3,(H,22,23)/b8-6+,21-14-. The Morgan fingerprint density at radius 1 is 1.12 bits per heavy atom. The van der Waals surface area contributed by atoms with Gasteiger partial charge in [0.25, 0.3) is 5.91 Å². The highest BCUT2D eigenvalue weighted by atomic mass is 16.5. The maximum Gasteiger partial charge on any atom is 0.271 e. The van der Waals surface area contributed by atoms with E-state index in [1.165, 1.54) is 6.21 Å². The number of para-hydroxylation sites is 1. The molecule has 0 aromatic heterocycles. The molecule has 0 atom stereocenters. The predicted molar refractivity (Wildman–Crippen MR) is 100 cm³/mol. The topological polar surface area (TPSA) is 59.9 Å². The molecule has 130 valence electrons. The van der Waals surface area contributed by atoms with Crippen LogP contribution in [0.5, 0.6) is 11.5 Å². The van der Waals surface area contributed by atoms with Crippen LogP contribution >= 0.6 is 0 Å². The number of amides is 1. The summed E-state index contributed by atoms with van der Waals surface area (Å²) in [5.41, 5.74) is 3.93. The first kappa shape index (κ1) is 18.3. The van der Waals surface area contributed by atoms with Gasteiger partial charge in [-0.25, -0.2) is 5.43 Å². The minimum Gasteiger partial charge on any atom is -0.496 e. The van der Waals surface area contributed by atoms with Gasteiger partial charge < -0.3 is 9.47 Å². The van der Waals surface area contributed by atoms with E-state index in [1.54, 1.807) is 37.5 Å². The molecule has 1 amide bonds. The lowest BCUT2D eigenvalue weighted by atomic mass is 10.2. The molecular weight excluding hydrogens is 316 g/mol. The van der Waals surface area contributed by atoms with Crippen LogP contribution in [0.15, 0.2) is 59.7 Å². The number of ether oxygens (including phenoxy) is 2. The van der Waals surface area contributed by atoms with Crippen LogP contribution in [-0.4, -0.2) is 25.3 Å². The number of allylic oxidation sites excluding steroid dienone is 1. The maximum atomic E-state index is 12.0. The number of benzene rings is 2. The van der Waals surface area contributed by atoms with E-state index in [1.807, 2.05) is 44.2 Å². The molecule has 0 aliphatic heterocycles. The molecule has 0 radical (unpaired) electrons. The summed E-state index contributed by atoms with van der Waals surface area (Å²) in [7, 11) is 1.62. The summed E-state index contributed by atoms with van der Waals surface area (Å²) in [6, 6.07) is 14.6. The van der Waals surface area contributed by atoms with Crippen molar-refractivity contribution in [2.75, 3.05) is 7.11 Å². The van der Waals surface area contributed by atoms with Gasteiger partial charge in [-0.15, -0.1) is 0 Å². The second-order valence-corrected chi connectivity index (χ2v) is 5.51. The highest BCUT2D eigenvalue weighted by molar-refractivity contribution is 5.94. The van der Waals surface area contributed by atoms with Gasteiger partial charge in [0.2, 0.25) is 0 Å². The summed E-state index contributed by atoms with van der Waals surface area (Å²) < 4.78 is 10.8. The molecule has 0 unspecified atom stereocenters. The molecule has 0 saturated heterocycles. The zero-order valence-electron chi connectivity index (χ0n) is 14.6. The Morgan fingerprint density at radius 3 is 2.52 bits per heavy atom. The molecule has 0 bridgehead atoms. The average Bonchev–Trinajstić information content (AvgIpc) is 2.61. The largest absolute Gasteiger partial charge is 0.496 e. The van der Waals surface area contributed by atoms with Crippen LogP contribution in [0.3, 0.4) is 0 Å². The average molecular weight is 338 g/mol.